The molecule has 0 heterocycles. The summed E-state index contributed by atoms with van der Waals surface area (Å²) < 4.78 is 24.4. The van der Waals surface area contributed by atoms with E-state index in [1.54, 1.807) is 12.1 Å². The van der Waals surface area contributed by atoms with Crippen LogP contribution < -0.4 is 10.1 Å². The molecule has 7 heteroatoms. The van der Waals surface area contributed by atoms with Crippen molar-refractivity contribution in [1.29, 1.82) is 0 Å². The summed E-state index contributed by atoms with van der Waals surface area (Å²) in [6, 6.07) is 10.9. The number of anilines is 1. The lowest BCUT2D eigenvalue weighted by Crippen LogP contribution is -2.21. The number of halogens is 2. The molecule has 0 unspecified atom stereocenters. The number of rotatable bonds is 5. The number of amides is 1. The molecular formula is C16H13FINO4. The Morgan fingerprint density at radius 3 is 2.48 bits per heavy atom. The van der Waals surface area contributed by atoms with Crippen molar-refractivity contribution in [2.24, 2.45) is 0 Å². The third-order valence-corrected chi connectivity index (χ3v) is 3.58. The fraction of sp³-hybridized carbons (Fsp3) is 0.125. The molecule has 0 bridgehead atoms. The Morgan fingerprint density at radius 1 is 1.17 bits per heavy atom. The molecule has 0 aliphatic carbocycles. The maximum atomic E-state index is 13.7. The molecular weight excluding hydrogens is 416 g/mol. The van der Waals surface area contributed by atoms with Crippen LogP contribution in [0.4, 0.5) is 10.1 Å². The molecule has 0 atom stereocenters. The normalized spacial score (nSPS) is 10.0. The average Bonchev–Trinajstić information content (AvgIpc) is 2.54. The minimum atomic E-state index is -0.914. The zero-order valence-corrected chi connectivity index (χ0v) is 14.3. The molecule has 1 amide bonds. The van der Waals surface area contributed by atoms with Gasteiger partial charge in [0.1, 0.15) is 11.6 Å². The first-order chi connectivity index (χ1) is 11.0. The van der Waals surface area contributed by atoms with Gasteiger partial charge in [-0.05, 0) is 59.0 Å². The van der Waals surface area contributed by atoms with Crippen molar-refractivity contribution in [3.8, 4) is 5.75 Å². The van der Waals surface area contributed by atoms with Crippen molar-refractivity contribution in [1.82, 2.24) is 0 Å². The highest BCUT2D eigenvalue weighted by Gasteiger charge is 2.15. The maximum Gasteiger partial charge on any atom is 0.341 e. The van der Waals surface area contributed by atoms with Gasteiger partial charge in [0.15, 0.2) is 6.61 Å². The summed E-state index contributed by atoms with van der Waals surface area (Å²) >= 11 is 2.14. The molecule has 23 heavy (non-hydrogen) atoms. The van der Waals surface area contributed by atoms with E-state index in [-0.39, 0.29) is 11.3 Å². The minimum absolute atomic E-state index is 0.257. The van der Waals surface area contributed by atoms with Gasteiger partial charge in [0.25, 0.3) is 5.91 Å². The zero-order valence-electron chi connectivity index (χ0n) is 12.1. The number of benzene rings is 2. The lowest BCUT2D eigenvalue weighted by Gasteiger charge is -2.08. The monoisotopic (exact) mass is 429 g/mol. The average molecular weight is 429 g/mol. The van der Waals surface area contributed by atoms with Crippen molar-refractivity contribution in [3.05, 3.63) is 57.4 Å². The first kappa shape index (κ1) is 17.2. The van der Waals surface area contributed by atoms with Crippen molar-refractivity contribution in [2.45, 2.75) is 0 Å². The Hall–Kier alpha value is -2.16. The van der Waals surface area contributed by atoms with E-state index >= 15 is 0 Å². The van der Waals surface area contributed by atoms with Gasteiger partial charge in [0.05, 0.1) is 12.7 Å². The first-order valence-corrected chi connectivity index (χ1v) is 7.63. The lowest BCUT2D eigenvalue weighted by atomic mass is 10.2. The van der Waals surface area contributed by atoms with E-state index in [1.165, 1.54) is 19.2 Å². The number of esters is 1. The van der Waals surface area contributed by atoms with Crippen molar-refractivity contribution in [2.75, 3.05) is 19.0 Å². The predicted octanol–water partition coefficient (Wildman–Crippen LogP) is 3.23. The highest BCUT2D eigenvalue weighted by atomic mass is 127. The van der Waals surface area contributed by atoms with Gasteiger partial charge in [-0.2, -0.15) is 0 Å². The smallest absolute Gasteiger partial charge is 0.341 e. The Labute approximate surface area is 145 Å². The van der Waals surface area contributed by atoms with Crippen molar-refractivity contribution >= 4 is 40.2 Å². The van der Waals surface area contributed by atoms with E-state index in [0.29, 0.717) is 5.69 Å². The Kier molecular flexibility index (Phi) is 5.91. The summed E-state index contributed by atoms with van der Waals surface area (Å²) in [6.07, 6.45) is 0. The molecule has 0 aliphatic rings. The molecule has 5 nitrogen and oxygen atoms in total. The lowest BCUT2D eigenvalue weighted by molar-refractivity contribution is -0.119. The molecule has 2 rings (SSSR count). The summed E-state index contributed by atoms with van der Waals surface area (Å²) in [5.41, 5.74) is 0.329. The fourth-order valence-corrected chi connectivity index (χ4v) is 2.09. The van der Waals surface area contributed by atoms with E-state index in [0.717, 1.165) is 9.64 Å². The fourth-order valence-electron chi connectivity index (χ4n) is 1.73. The van der Waals surface area contributed by atoms with E-state index < -0.39 is 24.3 Å². The Bertz CT molecular complexity index is 719. The molecule has 0 saturated heterocycles. The van der Waals surface area contributed by atoms with Crippen LogP contribution in [0.1, 0.15) is 10.4 Å². The maximum absolute atomic E-state index is 13.7. The highest BCUT2D eigenvalue weighted by molar-refractivity contribution is 14.1. The van der Waals surface area contributed by atoms with Gasteiger partial charge in [-0.25, -0.2) is 9.18 Å². The molecule has 0 saturated carbocycles. The molecule has 1 N–H and O–H groups in total. The number of methoxy groups -OCH3 is 1. The summed E-state index contributed by atoms with van der Waals surface area (Å²) in [6.45, 7) is -0.504. The van der Waals surface area contributed by atoms with Gasteiger partial charge in [-0.15, -0.1) is 0 Å². The molecule has 2 aromatic rings. The van der Waals surface area contributed by atoms with Gasteiger partial charge in [0.2, 0.25) is 0 Å². The third-order valence-electron chi connectivity index (χ3n) is 2.86. The van der Waals surface area contributed by atoms with Gasteiger partial charge >= 0.3 is 5.97 Å². The molecule has 0 fully saturated rings. The summed E-state index contributed by atoms with van der Waals surface area (Å²) in [4.78, 5) is 23.5. The largest absolute Gasteiger partial charge is 0.497 e. The third kappa shape index (κ3) is 4.92. The van der Waals surface area contributed by atoms with Crippen LogP contribution in [-0.4, -0.2) is 25.6 Å². The molecule has 0 spiro atoms. The minimum Gasteiger partial charge on any atom is -0.497 e. The number of hydrogen-bond acceptors (Lipinski definition) is 4. The second-order valence-corrected chi connectivity index (χ2v) is 5.72. The van der Waals surface area contributed by atoms with Crippen LogP contribution in [0.15, 0.2) is 42.5 Å². The summed E-state index contributed by atoms with van der Waals surface area (Å²) in [5.74, 6) is -1.90. The molecule has 0 aliphatic heterocycles. The van der Waals surface area contributed by atoms with Crippen LogP contribution in [-0.2, 0) is 9.53 Å². The second-order valence-electron chi connectivity index (χ2n) is 4.48. The first-order valence-electron chi connectivity index (χ1n) is 6.55. The Balaban J connectivity index is 1.91. The predicted molar refractivity (Wildman–Crippen MR) is 91.0 cm³/mol. The van der Waals surface area contributed by atoms with Crippen LogP contribution in [0, 0.1) is 9.39 Å². The molecule has 0 radical (unpaired) electrons. The summed E-state index contributed by atoms with van der Waals surface area (Å²) in [5, 5.41) is 2.58. The van der Waals surface area contributed by atoms with Crippen LogP contribution in [0.3, 0.4) is 0 Å². The quantitative estimate of drug-likeness (QED) is 0.586. The van der Waals surface area contributed by atoms with E-state index in [4.69, 9.17) is 9.47 Å². The number of carbonyl (C=O) groups excluding carboxylic acids is 2. The van der Waals surface area contributed by atoms with Crippen LogP contribution >= 0.6 is 22.6 Å². The van der Waals surface area contributed by atoms with Crippen molar-refractivity contribution < 1.29 is 23.5 Å². The van der Waals surface area contributed by atoms with Crippen molar-refractivity contribution in [3.63, 3.8) is 0 Å². The highest BCUT2D eigenvalue weighted by Crippen LogP contribution is 2.17. The van der Waals surface area contributed by atoms with E-state index in [2.05, 4.69) is 27.9 Å². The van der Waals surface area contributed by atoms with Crippen LogP contribution in [0.25, 0.3) is 0 Å². The SMILES string of the molecule is COc1ccc(C(=O)OCC(=O)Nc2ccc(I)cc2)c(F)c1. The topological polar surface area (TPSA) is 64.6 Å². The molecule has 2 aromatic carbocycles. The van der Waals surface area contributed by atoms with Gasteiger partial charge < -0.3 is 14.8 Å². The van der Waals surface area contributed by atoms with Gasteiger partial charge in [-0.1, -0.05) is 0 Å². The standard InChI is InChI=1S/C16H13FINO4/c1-22-12-6-7-13(14(17)8-12)16(21)23-9-15(20)19-11-4-2-10(18)3-5-11/h2-8H,9H2,1H3,(H,19,20). The van der Waals surface area contributed by atoms with E-state index in [1.807, 2.05) is 12.1 Å². The second kappa shape index (κ2) is 7.91. The van der Waals surface area contributed by atoms with Gasteiger partial charge in [-0.3, -0.25) is 4.79 Å². The number of nitrogens with one attached hydrogen (secondary N) is 1. The number of hydrogen-bond donors (Lipinski definition) is 1. The van der Waals surface area contributed by atoms with E-state index in [9.17, 15) is 14.0 Å². The van der Waals surface area contributed by atoms with Crippen LogP contribution in [0.5, 0.6) is 5.75 Å². The zero-order chi connectivity index (χ0) is 16.8. The molecule has 120 valence electrons. The van der Waals surface area contributed by atoms with Gasteiger partial charge in [0, 0.05) is 15.3 Å². The summed E-state index contributed by atoms with van der Waals surface area (Å²) in [7, 11) is 1.39. The Morgan fingerprint density at radius 2 is 1.87 bits per heavy atom. The number of carbonyl (C=O) groups is 2. The molecule has 0 aromatic heterocycles. The van der Waals surface area contributed by atoms with Crippen LogP contribution in [0.2, 0.25) is 0 Å². The number of ether oxygens (including phenoxy) is 2.